The Bertz CT molecular complexity index is 494. The molecule has 2 rings (SSSR count). The summed E-state index contributed by atoms with van der Waals surface area (Å²) in [6.45, 7) is 4.28. The van der Waals surface area contributed by atoms with Crippen molar-refractivity contribution in [2.24, 2.45) is 5.73 Å². The fourth-order valence-corrected chi connectivity index (χ4v) is 2.09. The van der Waals surface area contributed by atoms with Gasteiger partial charge in [0, 0.05) is 17.6 Å². The quantitative estimate of drug-likeness (QED) is 0.874. The Morgan fingerprint density at radius 2 is 2.16 bits per heavy atom. The molecule has 0 radical (unpaired) electrons. The molecule has 1 aliphatic rings. The SMILES string of the molecule is CC(C)(CN)NC(=O)c1cc(Br)c2c(c1)OCO2.Cl. The van der Waals surface area contributed by atoms with E-state index < -0.39 is 5.54 Å². The van der Waals surface area contributed by atoms with E-state index in [0.717, 1.165) is 0 Å². The van der Waals surface area contributed by atoms with Crippen molar-refractivity contribution in [2.75, 3.05) is 13.3 Å². The molecule has 1 aromatic rings. The lowest BCUT2D eigenvalue weighted by Gasteiger charge is -2.24. The molecule has 1 heterocycles. The first kappa shape index (κ1) is 16.1. The molecule has 5 nitrogen and oxygen atoms in total. The number of ether oxygens (including phenoxy) is 2. The maximum atomic E-state index is 12.1. The largest absolute Gasteiger partial charge is 0.454 e. The standard InChI is InChI=1S/C12H15BrN2O3.ClH/c1-12(2,5-14)15-11(16)7-3-8(13)10-9(4-7)17-6-18-10;/h3-4H,5-6,14H2,1-2H3,(H,15,16);1H. The minimum absolute atomic E-state index is 0. The molecule has 0 fully saturated rings. The summed E-state index contributed by atoms with van der Waals surface area (Å²) >= 11 is 3.35. The van der Waals surface area contributed by atoms with E-state index in [1.165, 1.54) is 0 Å². The minimum atomic E-state index is -0.445. The molecule has 0 unspecified atom stereocenters. The summed E-state index contributed by atoms with van der Waals surface area (Å²) in [6.07, 6.45) is 0. The van der Waals surface area contributed by atoms with E-state index in [1.54, 1.807) is 12.1 Å². The molecule has 0 atom stereocenters. The highest BCUT2D eigenvalue weighted by Crippen LogP contribution is 2.39. The van der Waals surface area contributed by atoms with E-state index >= 15 is 0 Å². The number of rotatable bonds is 3. The lowest BCUT2D eigenvalue weighted by atomic mass is 10.1. The van der Waals surface area contributed by atoms with E-state index in [0.29, 0.717) is 28.1 Å². The first-order valence-corrected chi connectivity index (χ1v) is 6.34. The molecule has 1 amide bonds. The molecule has 0 saturated heterocycles. The molecule has 3 N–H and O–H groups in total. The summed E-state index contributed by atoms with van der Waals surface area (Å²) < 4.78 is 11.2. The molecule has 0 saturated carbocycles. The van der Waals surface area contributed by atoms with Crippen molar-refractivity contribution in [1.29, 1.82) is 0 Å². The van der Waals surface area contributed by atoms with Crippen molar-refractivity contribution in [3.8, 4) is 11.5 Å². The van der Waals surface area contributed by atoms with Gasteiger partial charge < -0.3 is 20.5 Å². The number of nitrogens with two attached hydrogens (primary N) is 1. The van der Waals surface area contributed by atoms with Crippen LogP contribution in [0.4, 0.5) is 0 Å². The van der Waals surface area contributed by atoms with Crippen LogP contribution in [0.1, 0.15) is 24.2 Å². The van der Waals surface area contributed by atoms with Crippen molar-refractivity contribution in [1.82, 2.24) is 5.32 Å². The van der Waals surface area contributed by atoms with Gasteiger partial charge in [0.15, 0.2) is 11.5 Å². The molecule has 7 heteroatoms. The molecule has 0 aromatic heterocycles. The Morgan fingerprint density at radius 1 is 1.47 bits per heavy atom. The molecule has 1 aliphatic heterocycles. The third-order valence-electron chi connectivity index (χ3n) is 2.65. The Morgan fingerprint density at radius 3 is 2.79 bits per heavy atom. The molecule has 0 bridgehead atoms. The number of carbonyl (C=O) groups excluding carboxylic acids is 1. The second kappa shape index (κ2) is 5.98. The summed E-state index contributed by atoms with van der Waals surface area (Å²) in [6, 6.07) is 3.37. The normalized spacial score (nSPS) is 12.8. The predicted molar refractivity (Wildman–Crippen MR) is 78.1 cm³/mol. The Kier molecular flexibility index (Phi) is 5.06. The van der Waals surface area contributed by atoms with Gasteiger partial charge in [0.2, 0.25) is 6.79 Å². The maximum absolute atomic E-state index is 12.1. The van der Waals surface area contributed by atoms with Crippen LogP contribution in [-0.4, -0.2) is 24.8 Å². The zero-order valence-corrected chi connectivity index (χ0v) is 13.1. The summed E-state index contributed by atoms with van der Waals surface area (Å²) in [5.74, 6) is 1.01. The zero-order valence-electron chi connectivity index (χ0n) is 10.7. The van der Waals surface area contributed by atoms with Gasteiger partial charge >= 0.3 is 0 Å². The monoisotopic (exact) mass is 350 g/mol. The van der Waals surface area contributed by atoms with Crippen LogP contribution < -0.4 is 20.5 Å². The van der Waals surface area contributed by atoms with Crippen molar-refractivity contribution < 1.29 is 14.3 Å². The summed E-state index contributed by atoms with van der Waals surface area (Å²) in [4.78, 5) is 12.1. The molecular weight excluding hydrogens is 336 g/mol. The van der Waals surface area contributed by atoms with Crippen LogP contribution in [0.5, 0.6) is 11.5 Å². The van der Waals surface area contributed by atoms with Gasteiger partial charge in [-0.05, 0) is 41.9 Å². The van der Waals surface area contributed by atoms with Gasteiger partial charge in [-0.3, -0.25) is 4.79 Å². The number of hydrogen-bond acceptors (Lipinski definition) is 4. The highest BCUT2D eigenvalue weighted by atomic mass is 79.9. The van der Waals surface area contributed by atoms with E-state index in [2.05, 4.69) is 21.2 Å². The first-order chi connectivity index (χ1) is 8.43. The molecular formula is C12H16BrClN2O3. The lowest BCUT2D eigenvalue weighted by Crippen LogP contribution is -2.48. The molecule has 0 aliphatic carbocycles. The number of carbonyl (C=O) groups is 1. The second-order valence-electron chi connectivity index (χ2n) is 4.73. The number of hydrogen-bond donors (Lipinski definition) is 2. The van der Waals surface area contributed by atoms with Gasteiger partial charge in [0.05, 0.1) is 4.47 Å². The highest BCUT2D eigenvalue weighted by Gasteiger charge is 2.23. The third-order valence-corrected chi connectivity index (χ3v) is 3.24. The fraction of sp³-hybridized carbons (Fsp3) is 0.417. The van der Waals surface area contributed by atoms with Crippen molar-refractivity contribution >= 4 is 34.2 Å². The van der Waals surface area contributed by atoms with Crippen LogP contribution in [-0.2, 0) is 0 Å². The lowest BCUT2D eigenvalue weighted by molar-refractivity contribution is 0.0915. The molecule has 0 spiro atoms. The van der Waals surface area contributed by atoms with Crippen molar-refractivity contribution in [3.63, 3.8) is 0 Å². The number of benzene rings is 1. The van der Waals surface area contributed by atoms with Crippen molar-refractivity contribution in [3.05, 3.63) is 22.2 Å². The second-order valence-corrected chi connectivity index (χ2v) is 5.59. The molecule has 1 aromatic carbocycles. The first-order valence-electron chi connectivity index (χ1n) is 5.55. The van der Waals surface area contributed by atoms with Crippen LogP contribution >= 0.6 is 28.3 Å². The number of halogens is 2. The van der Waals surface area contributed by atoms with Crippen LogP contribution in [0.2, 0.25) is 0 Å². The van der Waals surface area contributed by atoms with Crippen molar-refractivity contribution in [2.45, 2.75) is 19.4 Å². The van der Waals surface area contributed by atoms with E-state index in [4.69, 9.17) is 15.2 Å². The average molecular weight is 352 g/mol. The van der Waals surface area contributed by atoms with Gasteiger partial charge in [-0.15, -0.1) is 12.4 Å². The summed E-state index contributed by atoms with van der Waals surface area (Å²) in [7, 11) is 0. The predicted octanol–water partition coefficient (Wildman–Crippen LogP) is 2.07. The summed E-state index contributed by atoms with van der Waals surface area (Å²) in [5.41, 5.74) is 5.65. The van der Waals surface area contributed by atoms with Gasteiger partial charge in [-0.25, -0.2) is 0 Å². The summed E-state index contributed by atoms with van der Waals surface area (Å²) in [5, 5.41) is 2.86. The highest BCUT2D eigenvalue weighted by molar-refractivity contribution is 9.10. The molecule has 19 heavy (non-hydrogen) atoms. The number of amides is 1. The van der Waals surface area contributed by atoms with E-state index in [1.807, 2.05) is 13.8 Å². The molecule has 106 valence electrons. The smallest absolute Gasteiger partial charge is 0.251 e. The van der Waals surface area contributed by atoms with Gasteiger partial charge in [0.25, 0.3) is 5.91 Å². The van der Waals surface area contributed by atoms with Crippen LogP contribution in [0.3, 0.4) is 0 Å². The Balaban J connectivity index is 0.00000180. The maximum Gasteiger partial charge on any atom is 0.251 e. The third kappa shape index (κ3) is 3.52. The van der Waals surface area contributed by atoms with Gasteiger partial charge in [-0.1, -0.05) is 0 Å². The minimum Gasteiger partial charge on any atom is -0.454 e. The van der Waals surface area contributed by atoms with E-state index in [-0.39, 0.29) is 25.1 Å². The van der Waals surface area contributed by atoms with E-state index in [9.17, 15) is 4.79 Å². The topological polar surface area (TPSA) is 73.6 Å². The zero-order chi connectivity index (χ0) is 13.3. The number of nitrogens with one attached hydrogen (secondary N) is 1. The van der Waals surface area contributed by atoms with Gasteiger partial charge in [0.1, 0.15) is 0 Å². The Hall–Kier alpha value is -0.980. The van der Waals surface area contributed by atoms with Crippen LogP contribution in [0, 0.1) is 0 Å². The van der Waals surface area contributed by atoms with Crippen LogP contribution in [0.25, 0.3) is 0 Å². The van der Waals surface area contributed by atoms with Crippen LogP contribution in [0.15, 0.2) is 16.6 Å². The average Bonchev–Trinajstić information content (AvgIpc) is 2.77. The fourth-order valence-electron chi connectivity index (χ4n) is 1.53. The van der Waals surface area contributed by atoms with Gasteiger partial charge in [-0.2, -0.15) is 0 Å². The Labute approximate surface area is 126 Å². The number of fused-ring (bicyclic) bond motifs is 1.